The molecule has 0 saturated heterocycles. The fraction of sp³-hybridized carbons (Fsp3) is 0.158. The number of aromatic nitrogens is 2. The lowest BCUT2D eigenvalue weighted by Gasteiger charge is -2.15. The monoisotopic (exact) mass is 355 g/mol. The normalized spacial score (nSPS) is 11.8. The maximum Gasteiger partial charge on any atom is 0.265 e. The van der Waals surface area contributed by atoms with Crippen molar-refractivity contribution < 1.29 is 9.53 Å². The third-order valence-corrected chi connectivity index (χ3v) is 3.81. The molecule has 2 aromatic carbocycles. The first-order valence-corrected chi connectivity index (χ1v) is 8.27. The van der Waals surface area contributed by atoms with E-state index in [0.717, 1.165) is 11.3 Å². The standard InChI is InChI=1S/C19H18ClN3O2/c1-14(25-18-8-3-6-16(20)12-18)19(24)22-17-7-2-5-15(11-17)13-23-10-4-9-21-23/h2-12,14H,13H2,1H3,(H,22,24). The van der Waals surface area contributed by atoms with Gasteiger partial charge < -0.3 is 10.1 Å². The zero-order valence-corrected chi connectivity index (χ0v) is 14.5. The Kier molecular flexibility index (Phi) is 5.36. The minimum atomic E-state index is -0.645. The van der Waals surface area contributed by atoms with Crippen LogP contribution in [0.1, 0.15) is 12.5 Å². The van der Waals surface area contributed by atoms with Crippen LogP contribution in [-0.2, 0) is 11.3 Å². The van der Waals surface area contributed by atoms with E-state index in [9.17, 15) is 4.79 Å². The molecular weight excluding hydrogens is 338 g/mol. The Labute approximate surface area is 151 Å². The van der Waals surface area contributed by atoms with Gasteiger partial charge in [-0.05, 0) is 48.9 Å². The van der Waals surface area contributed by atoms with E-state index in [1.54, 1.807) is 37.4 Å². The molecule has 5 nitrogen and oxygen atoms in total. The van der Waals surface area contributed by atoms with Crippen molar-refractivity contribution in [1.29, 1.82) is 0 Å². The van der Waals surface area contributed by atoms with Crippen molar-refractivity contribution >= 4 is 23.2 Å². The number of benzene rings is 2. The van der Waals surface area contributed by atoms with Gasteiger partial charge in [0.1, 0.15) is 5.75 Å². The Morgan fingerprint density at radius 3 is 2.84 bits per heavy atom. The molecule has 0 aliphatic rings. The molecular formula is C19H18ClN3O2. The van der Waals surface area contributed by atoms with Crippen LogP contribution < -0.4 is 10.1 Å². The van der Waals surface area contributed by atoms with Crippen molar-refractivity contribution in [2.75, 3.05) is 5.32 Å². The Hall–Kier alpha value is -2.79. The van der Waals surface area contributed by atoms with Gasteiger partial charge in [0, 0.05) is 23.1 Å². The van der Waals surface area contributed by atoms with E-state index in [0.29, 0.717) is 17.3 Å². The van der Waals surface area contributed by atoms with Gasteiger partial charge in [-0.3, -0.25) is 9.48 Å². The molecule has 0 fully saturated rings. The first kappa shape index (κ1) is 17.0. The number of amides is 1. The summed E-state index contributed by atoms with van der Waals surface area (Å²) in [5.41, 5.74) is 1.76. The lowest BCUT2D eigenvalue weighted by molar-refractivity contribution is -0.122. The van der Waals surface area contributed by atoms with Crippen LogP contribution in [0.15, 0.2) is 67.0 Å². The van der Waals surface area contributed by atoms with Gasteiger partial charge in [-0.2, -0.15) is 5.10 Å². The van der Waals surface area contributed by atoms with Gasteiger partial charge >= 0.3 is 0 Å². The van der Waals surface area contributed by atoms with E-state index in [1.807, 2.05) is 41.2 Å². The van der Waals surface area contributed by atoms with Crippen LogP contribution in [0.25, 0.3) is 0 Å². The number of hydrogen-bond donors (Lipinski definition) is 1. The molecule has 0 bridgehead atoms. The fourth-order valence-corrected chi connectivity index (χ4v) is 2.55. The third kappa shape index (κ3) is 4.84. The van der Waals surface area contributed by atoms with E-state index in [4.69, 9.17) is 16.3 Å². The number of carbonyl (C=O) groups is 1. The highest BCUT2D eigenvalue weighted by molar-refractivity contribution is 6.30. The molecule has 6 heteroatoms. The maximum absolute atomic E-state index is 12.3. The average Bonchev–Trinajstić information content (AvgIpc) is 3.08. The van der Waals surface area contributed by atoms with Gasteiger partial charge in [0.15, 0.2) is 6.10 Å². The summed E-state index contributed by atoms with van der Waals surface area (Å²) >= 11 is 5.93. The smallest absolute Gasteiger partial charge is 0.265 e. The first-order valence-electron chi connectivity index (χ1n) is 7.89. The van der Waals surface area contributed by atoms with Crippen LogP contribution in [0, 0.1) is 0 Å². The van der Waals surface area contributed by atoms with Gasteiger partial charge in [-0.15, -0.1) is 0 Å². The minimum absolute atomic E-state index is 0.226. The van der Waals surface area contributed by atoms with E-state index in [2.05, 4.69) is 10.4 Å². The summed E-state index contributed by atoms with van der Waals surface area (Å²) in [5, 5.41) is 7.62. The molecule has 0 aliphatic heterocycles. The lowest BCUT2D eigenvalue weighted by atomic mass is 10.2. The van der Waals surface area contributed by atoms with Crippen LogP contribution in [0.3, 0.4) is 0 Å². The number of hydrogen-bond acceptors (Lipinski definition) is 3. The van der Waals surface area contributed by atoms with Gasteiger partial charge in [-0.1, -0.05) is 29.8 Å². The molecule has 1 N–H and O–H groups in total. The number of carbonyl (C=O) groups excluding carboxylic acids is 1. The summed E-state index contributed by atoms with van der Waals surface area (Å²) in [4.78, 5) is 12.3. The largest absolute Gasteiger partial charge is 0.481 e. The predicted molar refractivity (Wildman–Crippen MR) is 97.9 cm³/mol. The van der Waals surface area contributed by atoms with E-state index in [1.165, 1.54) is 0 Å². The zero-order valence-electron chi connectivity index (χ0n) is 13.7. The Balaban J connectivity index is 1.62. The van der Waals surface area contributed by atoms with Gasteiger partial charge in [0.25, 0.3) is 5.91 Å². The molecule has 0 aliphatic carbocycles. The van der Waals surface area contributed by atoms with Crippen molar-refractivity contribution in [1.82, 2.24) is 9.78 Å². The van der Waals surface area contributed by atoms with Crippen molar-refractivity contribution in [3.8, 4) is 5.75 Å². The molecule has 1 atom stereocenters. The molecule has 0 saturated carbocycles. The second-order valence-electron chi connectivity index (χ2n) is 5.61. The van der Waals surface area contributed by atoms with Gasteiger partial charge in [-0.25, -0.2) is 0 Å². The van der Waals surface area contributed by atoms with Crippen molar-refractivity contribution in [3.05, 3.63) is 77.6 Å². The predicted octanol–water partition coefficient (Wildman–Crippen LogP) is 3.99. The number of ether oxygens (including phenoxy) is 1. The lowest BCUT2D eigenvalue weighted by Crippen LogP contribution is -2.30. The second kappa shape index (κ2) is 7.85. The van der Waals surface area contributed by atoms with E-state index in [-0.39, 0.29) is 5.91 Å². The van der Waals surface area contributed by atoms with E-state index >= 15 is 0 Å². The van der Waals surface area contributed by atoms with E-state index < -0.39 is 6.10 Å². The highest BCUT2D eigenvalue weighted by Crippen LogP contribution is 2.19. The van der Waals surface area contributed by atoms with Crippen molar-refractivity contribution in [3.63, 3.8) is 0 Å². The molecule has 1 aromatic heterocycles. The second-order valence-corrected chi connectivity index (χ2v) is 6.05. The number of nitrogens with zero attached hydrogens (tertiary/aromatic N) is 2. The fourth-order valence-electron chi connectivity index (χ4n) is 2.37. The summed E-state index contributed by atoms with van der Waals surface area (Å²) in [7, 11) is 0. The number of rotatable bonds is 6. The first-order chi connectivity index (χ1) is 12.1. The summed E-state index contributed by atoms with van der Waals surface area (Å²) in [5.74, 6) is 0.332. The molecule has 128 valence electrons. The molecule has 3 aromatic rings. The molecule has 0 spiro atoms. The number of halogens is 1. The number of nitrogens with one attached hydrogen (secondary N) is 1. The van der Waals surface area contributed by atoms with Crippen molar-refractivity contribution in [2.45, 2.75) is 19.6 Å². The Bertz CT molecular complexity index is 849. The van der Waals surface area contributed by atoms with Gasteiger partial charge in [0.2, 0.25) is 0 Å². The van der Waals surface area contributed by atoms with Crippen LogP contribution in [0.2, 0.25) is 5.02 Å². The van der Waals surface area contributed by atoms with Crippen LogP contribution in [0.5, 0.6) is 5.75 Å². The SMILES string of the molecule is CC(Oc1cccc(Cl)c1)C(=O)Nc1cccc(Cn2cccn2)c1. The van der Waals surface area contributed by atoms with Crippen LogP contribution >= 0.6 is 11.6 Å². The summed E-state index contributed by atoms with van der Waals surface area (Å²) < 4.78 is 7.46. The number of anilines is 1. The molecule has 0 radical (unpaired) electrons. The Morgan fingerprint density at radius 2 is 2.08 bits per heavy atom. The van der Waals surface area contributed by atoms with Crippen molar-refractivity contribution in [2.24, 2.45) is 0 Å². The molecule has 25 heavy (non-hydrogen) atoms. The summed E-state index contributed by atoms with van der Waals surface area (Å²) in [6.07, 6.45) is 2.99. The van der Waals surface area contributed by atoms with Crippen LogP contribution in [-0.4, -0.2) is 21.8 Å². The average molecular weight is 356 g/mol. The molecule has 3 rings (SSSR count). The summed E-state index contributed by atoms with van der Waals surface area (Å²) in [6.45, 7) is 2.34. The quantitative estimate of drug-likeness (QED) is 0.727. The van der Waals surface area contributed by atoms with Crippen LogP contribution in [0.4, 0.5) is 5.69 Å². The maximum atomic E-state index is 12.3. The molecule has 1 amide bonds. The zero-order chi connectivity index (χ0) is 17.6. The topological polar surface area (TPSA) is 56.1 Å². The third-order valence-electron chi connectivity index (χ3n) is 3.58. The highest BCUT2D eigenvalue weighted by atomic mass is 35.5. The van der Waals surface area contributed by atoms with Gasteiger partial charge in [0.05, 0.1) is 6.54 Å². The highest BCUT2D eigenvalue weighted by Gasteiger charge is 2.15. The molecule has 1 heterocycles. The Morgan fingerprint density at radius 1 is 1.24 bits per heavy atom. The minimum Gasteiger partial charge on any atom is -0.481 e. The summed E-state index contributed by atoms with van der Waals surface area (Å²) in [6, 6.07) is 16.5. The molecule has 1 unspecified atom stereocenters.